The van der Waals surface area contributed by atoms with Crippen molar-refractivity contribution in [3.8, 4) is 5.75 Å². The number of carboxylic acids is 1. The number of esters is 1. The van der Waals surface area contributed by atoms with Crippen LogP contribution in [0.4, 0.5) is 0 Å². The summed E-state index contributed by atoms with van der Waals surface area (Å²) in [6.07, 6.45) is 9.94. The van der Waals surface area contributed by atoms with Gasteiger partial charge in [-0.15, -0.1) is 0 Å². The molecule has 6 heteroatoms. The summed E-state index contributed by atoms with van der Waals surface area (Å²) in [4.78, 5) is 25.9. The molecule has 45 heavy (non-hydrogen) atoms. The summed E-state index contributed by atoms with van der Waals surface area (Å²) in [5.41, 5.74) is 0.713. The van der Waals surface area contributed by atoms with E-state index in [9.17, 15) is 24.9 Å². The normalized spacial score (nSPS) is 44.8. The van der Waals surface area contributed by atoms with Gasteiger partial charge in [0.25, 0.3) is 0 Å². The number of ether oxygens (including phenoxy) is 1. The molecule has 0 spiro atoms. The highest BCUT2D eigenvalue weighted by Gasteiger charge is 2.75. The zero-order valence-corrected chi connectivity index (χ0v) is 28.1. The van der Waals surface area contributed by atoms with E-state index in [1.807, 2.05) is 0 Å². The number of hydrogen-bond donors (Lipinski definition) is 3. The predicted molar refractivity (Wildman–Crippen MR) is 175 cm³/mol. The van der Waals surface area contributed by atoms with Crippen LogP contribution in [0.1, 0.15) is 98.5 Å². The molecule has 5 fully saturated rings. The Morgan fingerprint density at radius 2 is 1.62 bits per heavy atom. The summed E-state index contributed by atoms with van der Waals surface area (Å²) in [6.45, 7) is 18.4. The molecule has 0 amide bonds. The lowest BCUT2D eigenvalue weighted by Crippen LogP contribution is -2.65. The molecule has 0 aliphatic heterocycles. The average molecular weight is 619 g/mol. The van der Waals surface area contributed by atoms with E-state index in [1.54, 1.807) is 30.3 Å². The first-order valence-corrected chi connectivity index (χ1v) is 17.2. The van der Waals surface area contributed by atoms with E-state index in [0.717, 1.165) is 62.5 Å². The SMILES string of the molecule is C=C(C)[C@@H]1CC[C@]2(C(=O)O)CC[C@]3(C)[C@H](CC[C@@H]4[C@@]5(C)[C@H](COC(=O)/C=C/c6ccc(O)cc6)[C@@H](O)C(C)(C)[C@@H]5CC[C@]43C)[C@@H]12. The van der Waals surface area contributed by atoms with Gasteiger partial charge in [-0.05, 0) is 133 Å². The largest absolute Gasteiger partial charge is 0.508 e. The molecule has 6 rings (SSSR count). The third-order valence-electron chi connectivity index (χ3n) is 15.2. The molecule has 0 bridgehead atoms. The molecule has 3 N–H and O–H groups in total. The number of phenolic OH excluding ortho intramolecular Hbond substituents is 1. The van der Waals surface area contributed by atoms with E-state index in [2.05, 4.69) is 48.1 Å². The van der Waals surface area contributed by atoms with E-state index >= 15 is 0 Å². The molecule has 0 heterocycles. The van der Waals surface area contributed by atoms with Gasteiger partial charge < -0.3 is 20.1 Å². The first-order valence-electron chi connectivity index (χ1n) is 17.2. The van der Waals surface area contributed by atoms with Crippen LogP contribution < -0.4 is 0 Å². The number of carbonyl (C=O) groups excluding carboxylic acids is 1. The number of carboxylic acid groups (broad SMARTS) is 1. The van der Waals surface area contributed by atoms with Crippen LogP contribution in [0.2, 0.25) is 0 Å². The lowest BCUT2D eigenvalue weighted by molar-refractivity contribution is -0.229. The second-order valence-electron chi connectivity index (χ2n) is 16.9. The Balaban J connectivity index is 1.30. The van der Waals surface area contributed by atoms with Crippen LogP contribution in [0.15, 0.2) is 42.5 Å². The van der Waals surface area contributed by atoms with Crippen molar-refractivity contribution in [3.05, 3.63) is 48.1 Å². The fourth-order valence-electron chi connectivity index (χ4n) is 12.8. The first kappa shape index (κ1) is 32.3. The van der Waals surface area contributed by atoms with E-state index in [0.29, 0.717) is 17.8 Å². The van der Waals surface area contributed by atoms with Gasteiger partial charge in [0.1, 0.15) is 5.75 Å². The van der Waals surface area contributed by atoms with Gasteiger partial charge in [0.2, 0.25) is 0 Å². The van der Waals surface area contributed by atoms with Crippen LogP contribution >= 0.6 is 0 Å². The van der Waals surface area contributed by atoms with E-state index < -0.39 is 23.5 Å². The lowest BCUT2D eigenvalue weighted by Gasteiger charge is -2.70. The molecule has 5 saturated carbocycles. The fraction of sp³-hybridized carbons (Fsp3) is 0.692. The summed E-state index contributed by atoms with van der Waals surface area (Å²) in [5, 5.41) is 32.1. The Bertz CT molecular complexity index is 1390. The van der Waals surface area contributed by atoms with Crippen molar-refractivity contribution in [2.45, 2.75) is 99.0 Å². The lowest BCUT2D eigenvalue weighted by atomic mass is 9.34. The number of aliphatic carboxylic acids is 1. The van der Waals surface area contributed by atoms with Gasteiger partial charge in [0.15, 0.2) is 0 Å². The van der Waals surface area contributed by atoms with Crippen molar-refractivity contribution in [2.75, 3.05) is 6.61 Å². The fourth-order valence-corrected chi connectivity index (χ4v) is 12.8. The number of aromatic hydroxyl groups is 1. The topological polar surface area (TPSA) is 104 Å². The third kappa shape index (κ3) is 4.43. The van der Waals surface area contributed by atoms with Crippen molar-refractivity contribution in [1.29, 1.82) is 0 Å². The Morgan fingerprint density at radius 1 is 0.933 bits per heavy atom. The van der Waals surface area contributed by atoms with E-state index in [4.69, 9.17) is 4.74 Å². The monoisotopic (exact) mass is 618 g/mol. The maximum absolute atomic E-state index is 13.0. The van der Waals surface area contributed by atoms with E-state index in [-0.39, 0.29) is 51.8 Å². The Labute approximate surface area is 269 Å². The highest BCUT2D eigenvalue weighted by Crippen LogP contribution is 2.79. The van der Waals surface area contributed by atoms with Crippen LogP contribution in [-0.4, -0.2) is 40.0 Å². The second kappa shape index (κ2) is 10.7. The van der Waals surface area contributed by atoms with Gasteiger partial charge >= 0.3 is 11.9 Å². The number of aliphatic hydroxyl groups is 1. The number of benzene rings is 1. The van der Waals surface area contributed by atoms with Crippen LogP contribution in [0, 0.1) is 62.6 Å². The molecule has 0 saturated heterocycles. The quantitative estimate of drug-likeness (QED) is 0.170. The highest BCUT2D eigenvalue weighted by atomic mass is 16.5. The number of fused-ring (bicyclic) bond motifs is 7. The molecule has 0 aromatic heterocycles. The number of rotatable bonds is 6. The minimum absolute atomic E-state index is 0.0165. The predicted octanol–water partition coefficient (Wildman–Crippen LogP) is 7.89. The zero-order valence-electron chi connectivity index (χ0n) is 28.1. The molecule has 5 aliphatic carbocycles. The molecule has 1 aromatic rings. The number of allylic oxidation sites excluding steroid dienone is 1. The van der Waals surface area contributed by atoms with Crippen molar-refractivity contribution in [1.82, 2.24) is 0 Å². The minimum Gasteiger partial charge on any atom is -0.508 e. The maximum Gasteiger partial charge on any atom is 0.330 e. The summed E-state index contributed by atoms with van der Waals surface area (Å²) in [7, 11) is 0. The number of phenols is 1. The highest BCUT2D eigenvalue weighted by molar-refractivity contribution is 5.87. The Morgan fingerprint density at radius 3 is 2.27 bits per heavy atom. The molecule has 0 unspecified atom stereocenters. The van der Waals surface area contributed by atoms with Crippen LogP contribution in [-0.2, 0) is 14.3 Å². The number of carbonyl (C=O) groups is 2. The van der Waals surface area contributed by atoms with Gasteiger partial charge in [-0.2, -0.15) is 0 Å². The van der Waals surface area contributed by atoms with Gasteiger partial charge in [0, 0.05) is 12.0 Å². The van der Waals surface area contributed by atoms with Gasteiger partial charge in [-0.25, -0.2) is 4.79 Å². The summed E-state index contributed by atoms with van der Waals surface area (Å²) >= 11 is 0. The molecule has 6 nitrogen and oxygen atoms in total. The van der Waals surface area contributed by atoms with Crippen molar-refractivity contribution < 1.29 is 29.6 Å². The smallest absolute Gasteiger partial charge is 0.330 e. The van der Waals surface area contributed by atoms with Crippen LogP contribution in [0.5, 0.6) is 5.75 Å². The van der Waals surface area contributed by atoms with Crippen molar-refractivity contribution in [3.63, 3.8) is 0 Å². The van der Waals surface area contributed by atoms with Crippen LogP contribution in [0.25, 0.3) is 6.08 Å². The van der Waals surface area contributed by atoms with Gasteiger partial charge in [-0.1, -0.05) is 58.9 Å². The van der Waals surface area contributed by atoms with Gasteiger partial charge in [-0.3, -0.25) is 4.79 Å². The Kier molecular flexibility index (Phi) is 7.70. The summed E-state index contributed by atoms with van der Waals surface area (Å²) in [5.74, 6) is 0.279. The standard InChI is InChI=1S/C39H54O6/c1-23(2)26-16-19-39(34(43)44)21-20-36(5)27(32(26)39)13-14-30-37(36,6)18-17-29-35(3,4)33(42)28(38(29,30)7)22-45-31(41)15-10-24-8-11-25(40)12-9-24/h8-12,15,26-30,32-33,40,42H,1,13-14,16-22H2,2-7H3,(H,43,44)/b15-10+/t26-,27+,28+,29-,30-,32+,33+,36+,37+,38-,39-/m0/s1. The molecular formula is C39H54O6. The minimum atomic E-state index is -0.645. The second-order valence-corrected chi connectivity index (χ2v) is 16.9. The molecule has 1 aromatic carbocycles. The Hall–Kier alpha value is -2.60. The molecule has 11 atom stereocenters. The molecule has 246 valence electrons. The maximum atomic E-state index is 13.0. The number of hydrogen-bond acceptors (Lipinski definition) is 5. The van der Waals surface area contributed by atoms with Crippen LogP contribution in [0.3, 0.4) is 0 Å². The third-order valence-corrected chi connectivity index (χ3v) is 15.2. The molecule has 5 aliphatic rings. The van der Waals surface area contributed by atoms with E-state index in [1.165, 1.54) is 6.08 Å². The molecule has 0 radical (unpaired) electrons. The van der Waals surface area contributed by atoms with Gasteiger partial charge in [0.05, 0.1) is 18.1 Å². The number of aliphatic hydroxyl groups excluding tert-OH is 1. The van der Waals surface area contributed by atoms with Crippen molar-refractivity contribution >= 4 is 18.0 Å². The summed E-state index contributed by atoms with van der Waals surface area (Å²) < 4.78 is 5.92. The average Bonchev–Trinajstić information content (AvgIpc) is 3.44. The summed E-state index contributed by atoms with van der Waals surface area (Å²) in [6, 6.07) is 6.64. The first-order chi connectivity index (χ1) is 21.0. The molecular weight excluding hydrogens is 564 g/mol. The zero-order chi connectivity index (χ0) is 32.7. The van der Waals surface area contributed by atoms with Crippen molar-refractivity contribution in [2.24, 2.45) is 62.6 Å².